The number of amides is 1. The third-order valence-electron chi connectivity index (χ3n) is 2.77. The molecule has 1 amide bonds. The highest BCUT2D eigenvalue weighted by Crippen LogP contribution is 2.19. The summed E-state index contributed by atoms with van der Waals surface area (Å²) < 4.78 is 18.4. The Bertz CT molecular complexity index is 421. The molecule has 0 spiro atoms. The number of nitrogens with two attached hydrogens (primary N) is 1. The highest BCUT2D eigenvalue weighted by atomic mass is 19.1. The maximum Gasteiger partial charge on any atom is 0.226 e. The summed E-state index contributed by atoms with van der Waals surface area (Å²) in [5.74, 6) is -0.605. The van der Waals surface area contributed by atoms with E-state index in [0.29, 0.717) is 6.42 Å². The zero-order chi connectivity index (χ0) is 13.7. The van der Waals surface area contributed by atoms with Crippen molar-refractivity contribution >= 4 is 5.91 Å². The normalized spacial score (nSPS) is 12.1. The van der Waals surface area contributed by atoms with E-state index in [4.69, 9.17) is 10.5 Å². The molecule has 1 aromatic carbocycles. The van der Waals surface area contributed by atoms with Crippen molar-refractivity contribution in [1.82, 2.24) is 4.90 Å². The number of rotatable bonds is 5. The highest BCUT2D eigenvalue weighted by molar-refractivity contribution is 5.78. The van der Waals surface area contributed by atoms with Crippen molar-refractivity contribution in [1.29, 1.82) is 0 Å². The molecule has 0 fully saturated rings. The molecule has 0 aliphatic rings. The molecular formula is C13H19FN2O2. The van der Waals surface area contributed by atoms with E-state index < -0.39 is 5.82 Å². The summed E-state index contributed by atoms with van der Waals surface area (Å²) in [6.07, 6.45) is 0.425. The third-order valence-corrected chi connectivity index (χ3v) is 2.77. The molecule has 0 aliphatic carbocycles. The molecular weight excluding hydrogens is 235 g/mol. The molecule has 0 heterocycles. The topological polar surface area (TPSA) is 55.6 Å². The first kappa shape index (κ1) is 14.4. The van der Waals surface area contributed by atoms with E-state index in [0.717, 1.165) is 5.56 Å². The maximum atomic E-state index is 13.5. The van der Waals surface area contributed by atoms with E-state index in [1.54, 1.807) is 26.2 Å². The fourth-order valence-corrected chi connectivity index (χ4v) is 1.76. The number of carbonyl (C=O) groups is 1. The molecule has 0 aromatic heterocycles. The molecule has 0 saturated heterocycles. The van der Waals surface area contributed by atoms with E-state index in [9.17, 15) is 9.18 Å². The fourth-order valence-electron chi connectivity index (χ4n) is 1.76. The highest BCUT2D eigenvalue weighted by Gasteiger charge is 2.19. The van der Waals surface area contributed by atoms with Gasteiger partial charge in [-0.25, -0.2) is 4.39 Å². The number of nitrogens with zero attached hydrogens (tertiary/aromatic N) is 1. The Labute approximate surface area is 107 Å². The van der Waals surface area contributed by atoms with Gasteiger partial charge in [0.25, 0.3) is 0 Å². The van der Waals surface area contributed by atoms with Crippen LogP contribution in [0.15, 0.2) is 18.2 Å². The van der Waals surface area contributed by atoms with Crippen LogP contribution in [0.25, 0.3) is 0 Å². The number of halogens is 1. The summed E-state index contributed by atoms with van der Waals surface area (Å²) in [7, 11) is 4.77. The quantitative estimate of drug-likeness (QED) is 0.854. The van der Waals surface area contributed by atoms with Gasteiger partial charge in [0.05, 0.1) is 13.0 Å². The van der Waals surface area contributed by atoms with Gasteiger partial charge in [0.1, 0.15) is 0 Å². The molecule has 4 nitrogen and oxygen atoms in total. The van der Waals surface area contributed by atoms with Crippen molar-refractivity contribution in [2.75, 3.05) is 27.7 Å². The average molecular weight is 254 g/mol. The van der Waals surface area contributed by atoms with Crippen LogP contribution in [0, 0.1) is 11.7 Å². The summed E-state index contributed by atoms with van der Waals surface area (Å²) in [6, 6.07) is 4.68. The first-order valence-electron chi connectivity index (χ1n) is 5.73. The van der Waals surface area contributed by atoms with Crippen LogP contribution < -0.4 is 10.5 Å². The minimum absolute atomic E-state index is 0.0475. The lowest BCUT2D eigenvalue weighted by molar-refractivity contribution is -0.132. The predicted molar refractivity (Wildman–Crippen MR) is 67.9 cm³/mol. The molecule has 5 heteroatoms. The Morgan fingerprint density at radius 1 is 1.50 bits per heavy atom. The second-order valence-electron chi connectivity index (χ2n) is 4.34. The number of ether oxygens (including phenoxy) is 1. The standard InChI is InChI=1S/C13H19FN2O2/c1-16(2)13(17)10(8-15)6-9-4-5-12(18-3)11(14)7-9/h4-5,7,10H,6,8,15H2,1-3H3. The van der Waals surface area contributed by atoms with E-state index >= 15 is 0 Å². The second-order valence-corrected chi connectivity index (χ2v) is 4.34. The van der Waals surface area contributed by atoms with Crippen molar-refractivity contribution in [2.45, 2.75) is 6.42 Å². The van der Waals surface area contributed by atoms with Gasteiger partial charge in [-0.2, -0.15) is 0 Å². The van der Waals surface area contributed by atoms with Gasteiger partial charge in [0.2, 0.25) is 5.91 Å². The zero-order valence-electron chi connectivity index (χ0n) is 10.9. The molecule has 1 rings (SSSR count). The van der Waals surface area contributed by atoms with Crippen LogP contribution in [-0.4, -0.2) is 38.6 Å². The van der Waals surface area contributed by atoms with E-state index in [1.807, 2.05) is 0 Å². The molecule has 1 unspecified atom stereocenters. The van der Waals surface area contributed by atoms with Crippen molar-refractivity contribution < 1.29 is 13.9 Å². The van der Waals surface area contributed by atoms with Gasteiger partial charge < -0.3 is 15.4 Å². The van der Waals surface area contributed by atoms with Crippen molar-refractivity contribution in [3.63, 3.8) is 0 Å². The Balaban J connectivity index is 2.82. The molecule has 2 N–H and O–H groups in total. The molecule has 1 aromatic rings. The van der Waals surface area contributed by atoms with Gasteiger partial charge >= 0.3 is 0 Å². The summed E-state index contributed by atoms with van der Waals surface area (Å²) in [4.78, 5) is 13.3. The van der Waals surface area contributed by atoms with Gasteiger partial charge in [0, 0.05) is 20.6 Å². The zero-order valence-corrected chi connectivity index (χ0v) is 10.9. The largest absolute Gasteiger partial charge is 0.494 e. The van der Waals surface area contributed by atoms with Crippen molar-refractivity contribution in [3.8, 4) is 5.75 Å². The number of hydrogen-bond acceptors (Lipinski definition) is 3. The molecule has 0 saturated carbocycles. The third kappa shape index (κ3) is 3.43. The van der Waals surface area contributed by atoms with Crippen LogP contribution >= 0.6 is 0 Å². The first-order chi connectivity index (χ1) is 8.49. The van der Waals surface area contributed by atoms with Crippen molar-refractivity contribution in [3.05, 3.63) is 29.6 Å². The molecule has 0 aliphatic heterocycles. The van der Waals surface area contributed by atoms with Crippen LogP contribution in [0.5, 0.6) is 5.75 Å². The van der Waals surface area contributed by atoms with Gasteiger partial charge in [-0.05, 0) is 24.1 Å². The van der Waals surface area contributed by atoms with Crippen LogP contribution in [0.1, 0.15) is 5.56 Å². The maximum absolute atomic E-state index is 13.5. The number of hydrogen-bond donors (Lipinski definition) is 1. The predicted octanol–water partition coefficient (Wildman–Crippen LogP) is 1.04. The Hall–Kier alpha value is -1.62. The lowest BCUT2D eigenvalue weighted by atomic mass is 9.98. The Kier molecular flexibility index (Phi) is 5.09. The van der Waals surface area contributed by atoms with Gasteiger partial charge in [0.15, 0.2) is 11.6 Å². The second kappa shape index (κ2) is 6.35. The van der Waals surface area contributed by atoms with Crippen LogP contribution in [0.4, 0.5) is 4.39 Å². The molecule has 18 heavy (non-hydrogen) atoms. The first-order valence-corrected chi connectivity index (χ1v) is 5.73. The summed E-state index contributed by atoms with van der Waals surface area (Å²) in [6.45, 7) is 0.241. The fraction of sp³-hybridized carbons (Fsp3) is 0.462. The van der Waals surface area contributed by atoms with Gasteiger partial charge in [-0.3, -0.25) is 4.79 Å². The summed E-state index contributed by atoms with van der Waals surface area (Å²) in [5.41, 5.74) is 6.32. The number of benzene rings is 1. The van der Waals surface area contributed by atoms with Crippen molar-refractivity contribution in [2.24, 2.45) is 11.7 Å². The lowest BCUT2D eigenvalue weighted by Gasteiger charge is -2.19. The van der Waals surface area contributed by atoms with E-state index in [2.05, 4.69) is 0 Å². The SMILES string of the molecule is COc1ccc(CC(CN)C(=O)N(C)C)cc1F. The van der Waals surface area contributed by atoms with Crippen LogP contribution in [0.3, 0.4) is 0 Å². The van der Waals surface area contributed by atoms with Crippen LogP contribution in [0.2, 0.25) is 0 Å². The molecule has 0 bridgehead atoms. The summed E-state index contributed by atoms with van der Waals surface area (Å²) in [5, 5.41) is 0. The molecule has 0 radical (unpaired) electrons. The lowest BCUT2D eigenvalue weighted by Crippen LogP contribution is -2.35. The Morgan fingerprint density at radius 3 is 2.61 bits per heavy atom. The van der Waals surface area contributed by atoms with Gasteiger partial charge in [-0.1, -0.05) is 6.07 Å². The van der Waals surface area contributed by atoms with E-state index in [-0.39, 0.29) is 24.1 Å². The molecule has 1 atom stereocenters. The monoisotopic (exact) mass is 254 g/mol. The van der Waals surface area contributed by atoms with Crippen LogP contribution in [-0.2, 0) is 11.2 Å². The minimum Gasteiger partial charge on any atom is -0.494 e. The number of carbonyl (C=O) groups excluding carboxylic acids is 1. The van der Waals surface area contributed by atoms with E-state index in [1.165, 1.54) is 18.1 Å². The Morgan fingerprint density at radius 2 is 2.17 bits per heavy atom. The average Bonchev–Trinajstić information content (AvgIpc) is 2.35. The minimum atomic E-state index is -0.428. The number of methoxy groups -OCH3 is 1. The van der Waals surface area contributed by atoms with Gasteiger partial charge in [-0.15, -0.1) is 0 Å². The summed E-state index contributed by atoms with van der Waals surface area (Å²) >= 11 is 0. The smallest absolute Gasteiger partial charge is 0.226 e. The molecule has 100 valence electrons.